The third-order valence-corrected chi connectivity index (χ3v) is 3.86. The van der Waals surface area contributed by atoms with Crippen molar-refractivity contribution in [1.29, 1.82) is 0 Å². The van der Waals surface area contributed by atoms with Gasteiger partial charge < -0.3 is 10.5 Å². The van der Waals surface area contributed by atoms with Crippen molar-refractivity contribution in [2.75, 3.05) is 19.6 Å². The van der Waals surface area contributed by atoms with Gasteiger partial charge in [0.25, 0.3) is 0 Å². The number of alkyl halides is 3. The zero-order valence-electron chi connectivity index (χ0n) is 12.1. The van der Waals surface area contributed by atoms with Gasteiger partial charge in [0.1, 0.15) is 5.75 Å². The summed E-state index contributed by atoms with van der Waals surface area (Å²) < 4.78 is 41.7. The number of ether oxygens (including phenoxy) is 1. The van der Waals surface area contributed by atoms with Gasteiger partial charge in [-0.2, -0.15) is 0 Å². The average Bonchev–Trinajstić information content (AvgIpc) is 2.40. The fraction of sp³-hybridized carbons (Fsp3) is 0.600. The van der Waals surface area contributed by atoms with Crippen LogP contribution in [0.4, 0.5) is 13.2 Å². The van der Waals surface area contributed by atoms with Gasteiger partial charge in [-0.3, -0.25) is 4.90 Å². The zero-order valence-corrected chi connectivity index (χ0v) is 12.1. The quantitative estimate of drug-likeness (QED) is 0.927. The minimum absolute atomic E-state index is 0.154. The highest BCUT2D eigenvalue weighted by Gasteiger charge is 2.34. The number of nitrogens with two attached hydrogens (primary N) is 1. The number of nitrogens with zero attached hydrogens (tertiary/aromatic N) is 1. The normalized spacial score (nSPS) is 22.0. The van der Waals surface area contributed by atoms with Crippen LogP contribution in [0, 0.1) is 5.92 Å². The molecule has 0 bridgehead atoms. The van der Waals surface area contributed by atoms with Gasteiger partial charge in [-0.15, -0.1) is 13.2 Å². The van der Waals surface area contributed by atoms with Gasteiger partial charge in [-0.1, -0.05) is 25.1 Å². The Hall–Kier alpha value is -1.27. The molecule has 0 unspecified atom stereocenters. The smallest absolute Gasteiger partial charge is 0.405 e. The summed E-state index contributed by atoms with van der Waals surface area (Å²) in [6.45, 7) is 4.12. The number of likely N-dealkylation sites (tertiary alicyclic amines) is 1. The Morgan fingerprint density at radius 1 is 1.38 bits per heavy atom. The molecule has 118 valence electrons. The minimum atomic E-state index is -4.69. The first-order valence-electron chi connectivity index (χ1n) is 7.19. The van der Waals surface area contributed by atoms with Crippen molar-refractivity contribution in [2.45, 2.75) is 32.2 Å². The molecule has 1 aliphatic heterocycles. The molecule has 1 heterocycles. The molecule has 0 aromatic heterocycles. The standard InChI is InChI=1S/C15H21F3N2O/c1-11-5-4-8-20(10-11)13(9-19)12-6-2-3-7-14(12)21-15(16,17)18/h2-3,6-7,11,13H,4-5,8-10,19H2,1H3/t11-,13-/m1/s1. The number of rotatable bonds is 4. The van der Waals surface area contributed by atoms with E-state index < -0.39 is 6.36 Å². The lowest BCUT2D eigenvalue weighted by atomic mass is 9.96. The van der Waals surface area contributed by atoms with E-state index in [1.165, 1.54) is 12.1 Å². The van der Waals surface area contributed by atoms with E-state index in [1.807, 2.05) is 0 Å². The Morgan fingerprint density at radius 3 is 2.71 bits per heavy atom. The third-order valence-electron chi connectivity index (χ3n) is 3.86. The summed E-state index contributed by atoms with van der Waals surface area (Å²) in [6.07, 6.45) is -2.50. The van der Waals surface area contributed by atoms with Gasteiger partial charge in [0.15, 0.2) is 0 Å². The summed E-state index contributed by atoms with van der Waals surface area (Å²) in [5, 5.41) is 0. The Morgan fingerprint density at radius 2 is 2.10 bits per heavy atom. The van der Waals surface area contributed by atoms with Crippen LogP contribution in [-0.4, -0.2) is 30.9 Å². The molecule has 1 aliphatic rings. The number of benzene rings is 1. The van der Waals surface area contributed by atoms with E-state index in [2.05, 4.69) is 16.6 Å². The molecule has 1 aromatic rings. The molecule has 0 saturated carbocycles. The molecule has 0 spiro atoms. The summed E-state index contributed by atoms with van der Waals surface area (Å²) >= 11 is 0. The lowest BCUT2D eigenvalue weighted by Gasteiger charge is -2.37. The first-order valence-corrected chi connectivity index (χ1v) is 7.19. The van der Waals surface area contributed by atoms with Crippen LogP contribution in [0.5, 0.6) is 5.75 Å². The molecular formula is C15H21F3N2O. The highest BCUT2D eigenvalue weighted by Crippen LogP contribution is 2.34. The van der Waals surface area contributed by atoms with E-state index in [0.29, 0.717) is 11.5 Å². The fourth-order valence-electron chi connectivity index (χ4n) is 2.96. The van der Waals surface area contributed by atoms with Crippen molar-refractivity contribution in [1.82, 2.24) is 4.90 Å². The van der Waals surface area contributed by atoms with Crippen LogP contribution in [0.25, 0.3) is 0 Å². The van der Waals surface area contributed by atoms with E-state index >= 15 is 0 Å². The fourth-order valence-corrected chi connectivity index (χ4v) is 2.96. The van der Waals surface area contributed by atoms with Crippen molar-refractivity contribution in [3.63, 3.8) is 0 Å². The van der Waals surface area contributed by atoms with E-state index in [0.717, 1.165) is 25.9 Å². The Kier molecular flexibility index (Phi) is 5.11. The molecule has 0 amide bonds. The average molecular weight is 302 g/mol. The van der Waals surface area contributed by atoms with E-state index in [-0.39, 0.29) is 18.3 Å². The molecule has 1 aromatic carbocycles. The second-order valence-corrected chi connectivity index (χ2v) is 5.58. The molecule has 0 aliphatic carbocycles. The maximum Gasteiger partial charge on any atom is 0.573 e. The summed E-state index contributed by atoms with van der Waals surface area (Å²) in [5.74, 6) is 0.377. The van der Waals surface area contributed by atoms with Crippen molar-refractivity contribution in [3.8, 4) is 5.75 Å². The summed E-state index contributed by atoms with van der Waals surface area (Å²) in [6, 6.07) is 6.02. The minimum Gasteiger partial charge on any atom is -0.405 e. The van der Waals surface area contributed by atoms with Crippen LogP contribution in [0.3, 0.4) is 0 Å². The van der Waals surface area contributed by atoms with Crippen LogP contribution in [0.1, 0.15) is 31.4 Å². The Labute approximate surface area is 122 Å². The molecular weight excluding hydrogens is 281 g/mol. The predicted molar refractivity (Wildman–Crippen MR) is 74.9 cm³/mol. The van der Waals surface area contributed by atoms with Crippen LogP contribution >= 0.6 is 0 Å². The maximum absolute atomic E-state index is 12.5. The lowest BCUT2D eigenvalue weighted by Crippen LogP contribution is -2.40. The van der Waals surface area contributed by atoms with Gasteiger partial charge in [-0.05, 0) is 31.4 Å². The number of piperidine rings is 1. The van der Waals surface area contributed by atoms with Gasteiger partial charge >= 0.3 is 6.36 Å². The maximum atomic E-state index is 12.5. The van der Waals surface area contributed by atoms with E-state index in [1.54, 1.807) is 12.1 Å². The van der Waals surface area contributed by atoms with Crippen molar-refractivity contribution in [3.05, 3.63) is 29.8 Å². The highest BCUT2D eigenvalue weighted by atomic mass is 19.4. The van der Waals surface area contributed by atoms with E-state index in [9.17, 15) is 13.2 Å². The molecule has 6 heteroatoms. The largest absolute Gasteiger partial charge is 0.573 e. The summed E-state index contributed by atoms with van der Waals surface area (Å²) in [7, 11) is 0. The monoisotopic (exact) mass is 302 g/mol. The zero-order chi connectivity index (χ0) is 15.5. The van der Waals surface area contributed by atoms with Gasteiger partial charge in [0, 0.05) is 18.7 Å². The molecule has 0 radical (unpaired) electrons. The second-order valence-electron chi connectivity index (χ2n) is 5.58. The van der Waals surface area contributed by atoms with Crippen molar-refractivity contribution in [2.24, 2.45) is 11.7 Å². The van der Waals surface area contributed by atoms with Gasteiger partial charge in [0.05, 0.1) is 6.04 Å². The summed E-state index contributed by atoms with van der Waals surface area (Å²) in [5.41, 5.74) is 6.34. The van der Waals surface area contributed by atoms with Gasteiger partial charge in [0.2, 0.25) is 0 Å². The SMILES string of the molecule is C[C@@H]1CCCN([C@H](CN)c2ccccc2OC(F)(F)F)C1. The molecule has 21 heavy (non-hydrogen) atoms. The van der Waals surface area contributed by atoms with Gasteiger partial charge in [-0.25, -0.2) is 0 Å². The predicted octanol–water partition coefficient (Wildman–Crippen LogP) is 3.32. The first kappa shape index (κ1) is 16.1. The van der Waals surface area contributed by atoms with Crippen LogP contribution < -0.4 is 10.5 Å². The first-order chi connectivity index (χ1) is 9.90. The van der Waals surface area contributed by atoms with Crippen LogP contribution in [-0.2, 0) is 0 Å². The lowest BCUT2D eigenvalue weighted by molar-refractivity contribution is -0.275. The highest BCUT2D eigenvalue weighted by molar-refractivity contribution is 5.36. The molecule has 2 rings (SSSR count). The van der Waals surface area contributed by atoms with Crippen molar-refractivity contribution >= 4 is 0 Å². The van der Waals surface area contributed by atoms with Crippen LogP contribution in [0.15, 0.2) is 24.3 Å². The number of hydrogen-bond donors (Lipinski definition) is 1. The molecule has 1 fully saturated rings. The van der Waals surface area contributed by atoms with E-state index in [4.69, 9.17) is 5.73 Å². The van der Waals surface area contributed by atoms with Crippen LogP contribution in [0.2, 0.25) is 0 Å². The number of hydrogen-bond acceptors (Lipinski definition) is 3. The Bertz CT molecular complexity index is 464. The Balaban J connectivity index is 2.25. The topological polar surface area (TPSA) is 38.5 Å². The molecule has 1 saturated heterocycles. The number of para-hydroxylation sites is 1. The number of halogens is 3. The molecule has 2 atom stereocenters. The third kappa shape index (κ3) is 4.35. The molecule has 2 N–H and O–H groups in total. The second kappa shape index (κ2) is 6.66. The molecule has 3 nitrogen and oxygen atoms in total. The van der Waals surface area contributed by atoms with Crippen molar-refractivity contribution < 1.29 is 17.9 Å². The summed E-state index contributed by atoms with van der Waals surface area (Å²) in [4.78, 5) is 2.16.